The average Bonchev–Trinajstić information content (AvgIpc) is 2.33. The lowest BCUT2D eigenvalue weighted by molar-refractivity contribution is -0.0373. The summed E-state index contributed by atoms with van der Waals surface area (Å²) in [6.45, 7) is 4.71. The number of likely N-dealkylation sites (tertiary alicyclic amines) is 1. The third-order valence-corrected chi connectivity index (χ3v) is 2.98. The number of amides is 1. The number of ketones is 1. The molecule has 2 rings (SSSR count). The third kappa shape index (κ3) is 2.98. The van der Waals surface area contributed by atoms with E-state index in [1.807, 2.05) is 0 Å². The molecule has 1 aromatic rings. The maximum atomic E-state index is 14.4. The first-order valence-corrected chi connectivity index (χ1v) is 6.48. The molecular formula is C15H18FNO3. The van der Waals surface area contributed by atoms with Crippen LogP contribution in [0.15, 0.2) is 30.3 Å². The number of halogens is 1. The van der Waals surface area contributed by atoms with Gasteiger partial charge in [0.2, 0.25) is 11.5 Å². The zero-order valence-electron chi connectivity index (χ0n) is 11.9. The molecule has 1 aromatic carbocycles. The first-order valence-electron chi connectivity index (χ1n) is 6.48. The van der Waals surface area contributed by atoms with Crippen molar-refractivity contribution in [2.24, 2.45) is 0 Å². The van der Waals surface area contributed by atoms with E-state index in [0.29, 0.717) is 5.56 Å². The van der Waals surface area contributed by atoms with E-state index in [0.717, 1.165) is 0 Å². The van der Waals surface area contributed by atoms with Gasteiger partial charge in [-0.3, -0.25) is 4.79 Å². The summed E-state index contributed by atoms with van der Waals surface area (Å²) in [4.78, 5) is 25.0. The van der Waals surface area contributed by atoms with E-state index in [9.17, 15) is 14.0 Å². The van der Waals surface area contributed by atoms with Crippen molar-refractivity contribution in [3.8, 4) is 0 Å². The summed E-state index contributed by atoms with van der Waals surface area (Å²) < 4.78 is 19.6. The molecule has 1 aliphatic heterocycles. The summed E-state index contributed by atoms with van der Waals surface area (Å²) >= 11 is 0. The highest BCUT2D eigenvalue weighted by molar-refractivity contribution is 6.04. The van der Waals surface area contributed by atoms with Crippen molar-refractivity contribution in [2.45, 2.75) is 32.0 Å². The molecule has 0 aromatic heterocycles. The molecule has 0 unspecified atom stereocenters. The number of alkyl halides is 1. The highest BCUT2D eigenvalue weighted by Crippen LogP contribution is 2.30. The van der Waals surface area contributed by atoms with Crippen LogP contribution in [0.1, 0.15) is 31.1 Å². The van der Waals surface area contributed by atoms with Crippen LogP contribution < -0.4 is 0 Å². The van der Waals surface area contributed by atoms with Gasteiger partial charge in [-0.15, -0.1) is 0 Å². The highest BCUT2D eigenvalue weighted by Gasteiger charge is 2.52. The number of rotatable bonds is 2. The lowest BCUT2D eigenvalue weighted by Crippen LogP contribution is -2.65. The molecule has 0 atom stereocenters. The number of Topliss-reactive ketones (excluding diaryl/α,β-unsaturated/α-hetero) is 1. The zero-order chi connectivity index (χ0) is 15.0. The van der Waals surface area contributed by atoms with Gasteiger partial charge in [-0.1, -0.05) is 30.3 Å². The number of carbonyl (C=O) groups excluding carboxylic acids is 2. The van der Waals surface area contributed by atoms with Gasteiger partial charge in [0.1, 0.15) is 5.60 Å². The molecule has 0 bridgehead atoms. The molecule has 0 aliphatic carbocycles. The maximum absolute atomic E-state index is 14.4. The van der Waals surface area contributed by atoms with Crippen molar-refractivity contribution < 1.29 is 18.7 Å². The third-order valence-electron chi connectivity index (χ3n) is 2.98. The van der Waals surface area contributed by atoms with Crippen LogP contribution in [-0.2, 0) is 4.74 Å². The number of carbonyl (C=O) groups is 2. The van der Waals surface area contributed by atoms with Crippen LogP contribution in [0.2, 0.25) is 0 Å². The number of benzene rings is 1. The molecular weight excluding hydrogens is 261 g/mol. The Morgan fingerprint density at radius 1 is 1.20 bits per heavy atom. The summed E-state index contributed by atoms with van der Waals surface area (Å²) in [6, 6.07) is 8.26. The molecule has 1 saturated heterocycles. The fourth-order valence-corrected chi connectivity index (χ4v) is 2.01. The number of hydrogen-bond acceptors (Lipinski definition) is 3. The topological polar surface area (TPSA) is 46.6 Å². The van der Waals surface area contributed by atoms with Gasteiger partial charge in [0.05, 0.1) is 13.1 Å². The van der Waals surface area contributed by atoms with Gasteiger partial charge in [0.15, 0.2) is 0 Å². The first kappa shape index (κ1) is 14.5. The predicted octanol–water partition coefficient (Wildman–Crippen LogP) is 2.83. The Hall–Kier alpha value is -1.91. The lowest BCUT2D eigenvalue weighted by atomic mass is 9.88. The van der Waals surface area contributed by atoms with Gasteiger partial charge in [0, 0.05) is 5.56 Å². The Bertz CT molecular complexity index is 516. The van der Waals surface area contributed by atoms with Gasteiger partial charge in [-0.25, -0.2) is 9.18 Å². The average molecular weight is 279 g/mol. The number of ether oxygens (including phenoxy) is 1. The van der Waals surface area contributed by atoms with Crippen molar-refractivity contribution >= 4 is 11.9 Å². The van der Waals surface area contributed by atoms with Crippen LogP contribution in [-0.4, -0.2) is 41.1 Å². The number of hydrogen-bond donors (Lipinski definition) is 0. The molecule has 0 saturated carbocycles. The molecule has 108 valence electrons. The van der Waals surface area contributed by atoms with E-state index in [2.05, 4.69) is 0 Å². The van der Waals surface area contributed by atoms with Crippen molar-refractivity contribution in [3.63, 3.8) is 0 Å². The molecule has 1 amide bonds. The summed E-state index contributed by atoms with van der Waals surface area (Å²) in [6.07, 6.45) is -0.591. The van der Waals surface area contributed by atoms with Gasteiger partial charge in [-0.05, 0) is 20.8 Å². The summed E-state index contributed by atoms with van der Waals surface area (Å²) in [5.41, 5.74) is -2.31. The molecule has 0 radical (unpaired) electrons. The predicted molar refractivity (Wildman–Crippen MR) is 72.4 cm³/mol. The van der Waals surface area contributed by atoms with Crippen LogP contribution in [0.4, 0.5) is 9.18 Å². The molecule has 1 heterocycles. The lowest BCUT2D eigenvalue weighted by Gasteiger charge is -2.43. The monoisotopic (exact) mass is 279 g/mol. The molecule has 4 nitrogen and oxygen atoms in total. The summed E-state index contributed by atoms with van der Waals surface area (Å²) in [5, 5.41) is 0. The summed E-state index contributed by atoms with van der Waals surface area (Å²) in [7, 11) is 0. The fraction of sp³-hybridized carbons (Fsp3) is 0.467. The van der Waals surface area contributed by atoms with E-state index in [1.54, 1.807) is 51.1 Å². The molecule has 1 aliphatic rings. The van der Waals surface area contributed by atoms with Gasteiger partial charge < -0.3 is 9.64 Å². The molecule has 0 N–H and O–H groups in total. The van der Waals surface area contributed by atoms with E-state index in [1.165, 1.54) is 4.90 Å². The van der Waals surface area contributed by atoms with E-state index in [4.69, 9.17) is 4.74 Å². The fourth-order valence-electron chi connectivity index (χ4n) is 2.01. The van der Waals surface area contributed by atoms with Gasteiger partial charge in [-0.2, -0.15) is 0 Å². The largest absolute Gasteiger partial charge is 0.444 e. The minimum atomic E-state index is -2.00. The minimum Gasteiger partial charge on any atom is -0.444 e. The Kier molecular flexibility index (Phi) is 3.54. The quantitative estimate of drug-likeness (QED) is 0.782. The zero-order valence-corrected chi connectivity index (χ0v) is 11.9. The summed E-state index contributed by atoms with van der Waals surface area (Å²) in [5.74, 6) is -0.585. The van der Waals surface area contributed by atoms with Gasteiger partial charge in [0.25, 0.3) is 0 Å². The molecule has 0 spiro atoms. The second-order valence-corrected chi connectivity index (χ2v) is 6.00. The van der Waals surface area contributed by atoms with Crippen LogP contribution in [0, 0.1) is 0 Å². The second kappa shape index (κ2) is 4.89. The van der Waals surface area contributed by atoms with Crippen molar-refractivity contribution in [2.75, 3.05) is 13.1 Å². The Labute approximate surface area is 117 Å². The van der Waals surface area contributed by atoms with Gasteiger partial charge >= 0.3 is 6.09 Å². The number of nitrogens with zero attached hydrogens (tertiary/aromatic N) is 1. The van der Waals surface area contributed by atoms with E-state index in [-0.39, 0.29) is 13.1 Å². The minimum absolute atomic E-state index is 0.254. The molecule has 1 fully saturated rings. The Morgan fingerprint density at radius 3 is 2.25 bits per heavy atom. The van der Waals surface area contributed by atoms with Crippen molar-refractivity contribution in [3.05, 3.63) is 35.9 Å². The Morgan fingerprint density at radius 2 is 1.75 bits per heavy atom. The van der Waals surface area contributed by atoms with Crippen molar-refractivity contribution in [1.29, 1.82) is 0 Å². The van der Waals surface area contributed by atoms with Crippen molar-refractivity contribution in [1.82, 2.24) is 4.90 Å². The molecule has 20 heavy (non-hydrogen) atoms. The Balaban J connectivity index is 1.98. The second-order valence-electron chi connectivity index (χ2n) is 6.00. The highest BCUT2D eigenvalue weighted by atomic mass is 19.1. The van der Waals surface area contributed by atoms with E-state index < -0.39 is 23.1 Å². The first-order chi connectivity index (χ1) is 9.21. The standard InChI is InChI=1S/C15H18FNO3/c1-14(2,3)20-13(19)17-9-15(16,10-17)12(18)11-7-5-4-6-8-11/h4-8H,9-10H2,1-3H3. The normalized spacial score (nSPS) is 17.3. The van der Waals surface area contributed by atoms with Crippen LogP contribution in [0.5, 0.6) is 0 Å². The smallest absolute Gasteiger partial charge is 0.410 e. The molecule has 5 heteroatoms. The van der Waals surface area contributed by atoms with E-state index >= 15 is 0 Å². The SMILES string of the molecule is CC(C)(C)OC(=O)N1CC(F)(C(=O)c2ccccc2)C1. The van der Waals surface area contributed by atoms with Crippen LogP contribution in [0.3, 0.4) is 0 Å². The van der Waals surface area contributed by atoms with Crippen LogP contribution >= 0.6 is 0 Å². The van der Waals surface area contributed by atoms with Crippen LogP contribution in [0.25, 0.3) is 0 Å². The maximum Gasteiger partial charge on any atom is 0.410 e.